The molecule has 1 aromatic rings. The summed E-state index contributed by atoms with van der Waals surface area (Å²) in [6.07, 6.45) is 14.9. The molecule has 3 rings (SSSR count). The quantitative estimate of drug-likeness (QED) is 0.0681. The number of carbonyl (C=O) groups is 4. The van der Waals surface area contributed by atoms with Crippen molar-refractivity contribution in [2.24, 2.45) is 0 Å². The van der Waals surface area contributed by atoms with Crippen molar-refractivity contribution in [1.29, 1.82) is 0 Å². The van der Waals surface area contributed by atoms with Crippen molar-refractivity contribution in [3.8, 4) is 0 Å². The van der Waals surface area contributed by atoms with Gasteiger partial charge in [-0.15, -0.1) is 0 Å². The molecule has 2 aliphatic rings. The summed E-state index contributed by atoms with van der Waals surface area (Å²) in [6.45, 7) is 10.7. The lowest BCUT2D eigenvalue weighted by atomic mass is 10.0. The smallest absolute Gasteiger partial charge is 0.264 e. The van der Waals surface area contributed by atoms with E-state index in [-0.39, 0.29) is 24.0 Å². The lowest BCUT2D eigenvalue weighted by Crippen LogP contribution is -2.54. The summed E-state index contributed by atoms with van der Waals surface area (Å²) in [7, 11) is 0. The molecule has 0 radical (unpaired) electrons. The number of fused-ring (bicyclic) bond motifs is 1. The Bertz CT molecular complexity index is 1270. The number of nitrogens with one attached hydrogen (secondary N) is 2. The zero-order valence-electron chi connectivity index (χ0n) is 34.4. The zero-order valence-corrected chi connectivity index (χ0v) is 34.4. The minimum atomic E-state index is -1.01. The largest absolute Gasteiger partial charge is 0.382 e. The van der Waals surface area contributed by atoms with E-state index in [2.05, 4.69) is 17.6 Å². The van der Waals surface area contributed by atoms with Crippen LogP contribution in [-0.2, 0) is 47.5 Å². The van der Waals surface area contributed by atoms with E-state index in [0.717, 1.165) is 17.9 Å². The highest BCUT2D eigenvalue weighted by molar-refractivity contribution is 6.25. The van der Waals surface area contributed by atoms with Gasteiger partial charge in [0.2, 0.25) is 11.8 Å². The monoisotopic (exact) mass is 807 g/mol. The normalized spacial score (nSPS) is 15.5. The molecule has 1 saturated heterocycles. The second-order valence-electron chi connectivity index (χ2n) is 14.0. The van der Waals surface area contributed by atoms with Crippen LogP contribution >= 0.6 is 0 Å². The molecule has 2 heterocycles. The van der Waals surface area contributed by atoms with Crippen molar-refractivity contribution in [3.63, 3.8) is 0 Å². The molecule has 1 aromatic carbocycles. The van der Waals surface area contributed by atoms with Gasteiger partial charge in [-0.2, -0.15) is 0 Å². The number of piperidine rings is 1. The van der Waals surface area contributed by atoms with Gasteiger partial charge in [0.15, 0.2) is 0 Å². The molecule has 0 aromatic heterocycles. The summed E-state index contributed by atoms with van der Waals surface area (Å²) in [6, 6.07) is 3.93. The van der Waals surface area contributed by atoms with Crippen LogP contribution in [0.15, 0.2) is 18.2 Å². The zero-order chi connectivity index (χ0) is 40.6. The third kappa shape index (κ3) is 20.5. The molecule has 1 unspecified atom stereocenters. The lowest BCUT2D eigenvalue weighted by molar-refractivity contribution is -0.136. The molecule has 57 heavy (non-hydrogen) atoms. The second kappa shape index (κ2) is 31.9. The molecular weight excluding hydrogens is 738 g/mol. The van der Waals surface area contributed by atoms with Crippen molar-refractivity contribution in [2.75, 3.05) is 118 Å². The van der Waals surface area contributed by atoms with Crippen molar-refractivity contribution in [2.45, 2.75) is 96.4 Å². The molecule has 15 heteroatoms. The van der Waals surface area contributed by atoms with Gasteiger partial charge in [-0.25, -0.2) is 0 Å². The van der Waals surface area contributed by atoms with Gasteiger partial charge in [0, 0.05) is 25.3 Å². The van der Waals surface area contributed by atoms with Gasteiger partial charge in [0.05, 0.1) is 110 Å². The number of hydrogen-bond acceptors (Lipinski definition) is 13. The van der Waals surface area contributed by atoms with Crippen molar-refractivity contribution in [1.82, 2.24) is 10.2 Å². The van der Waals surface area contributed by atoms with Crippen molar-refractivity contribution in [3.05, 3.63) is 29.3 Å². The summed E-state index contributed by atoms with van der Waals surface area (Å²) in [5.74, 6) is -2.15. The molecule has 0 aliphatic carbocycles. The van der Waals surface area contributed by atoms with Crippen LogP contribution in [-0.4, -0.2) is 147 Å². The Balaban J connectivity index is 0.995. The van der Waals surface area contributed by atoms with Crippen LogP contribution in [0.5, 0.6) is 0 Å². The number of rotatable bonds is 38. The fourth-order valence-corrected chi connectivity index (χ4v) is 6.43. The molecule has 0 saturated carbocycles. The summed E-state index contributed by atoms with van der Waals surface area (Å²) in [4.78, 5) is 50.9. The van der Waals surface area contributed by atoms with Crippen LogP contribution in [0.1, 0.15) is 111 Å². The number of imide groups is 2. The minimum Gasteiger partial charge on any atom is -0.382 e. The number of hydrogen-bond donors (Lipinski definition) is 2. The molecule has 0 bridgehead atoms. The Kier molecular flexibility index (Phi) is 27.1. The Labute approximate surface area is 339 Å². The number of nitrogens with zero attached hydrogens (tertiary/aromatic N) is 1. The van der Waals surface area contributed by atoms with E-state index >= 15 is 0 Å². The average molecular weight is 808 g/mol. The maximum Gasteiger partial charge on any atom is 0.264 e. The molecule has 15 nitrogen and oxygen atoms in total. The predicted molar refractivity (Wildman–Crippen MR) is 215 cm³/mol. The van der Waals surface area contributed by atoms with Crippen LogP contribution in [0, 0.1) is 0 Å². The Morgan fingerprint density at radius 2 is 1.00 bits per heavy atom. The van der Waals surface area contributed by atoms with E-state index in [1.165, 1.54) is 64.2 Å². The second-order valence-corrected chi connectivity index (χ2v) is 14.0. The van der Waals surface area contributed by atoms with Gasteiger partial charge in [-0.1, -0.05) is 77.2 Å². The molecule has 2 N–H and O–H groups in total. The van der Waals surface area contributed by atoms with Crippen molar-refractivity contribution < 1.29 is 57.1 Å². The fraction of sp³-hybridized carbons (Fsp3) is 0.762. The number of ether oxygens (including phenoxy) is 8. The fourth-order valence-electron chi connectivity index (χ4n) is 6.43. The SMILES string of the molecule is CCCCCCCCCCCCCOCCOCCOCCOCCOCCOCCOCCOCCNc1cccc2c1C(=O)N(C1CCC(=O)NC1=O)C2=O. The van der Waals surface area contributed by atoms with E-state index < -0.39 is 29.7 Å². The van der Waals surface area contributed by atoms with E-state index in [1.807, 2.05) is 0 Å². The van der Waals surface area contributed by atoms with E-state index in [0.29, 0.717) is 111 Å². The molecule has 324 valence electrons. The Morgan fingerprint density at radius 3 is 1.47 bits per heavy atom. The molecule has 4 amide bonds. The van der Waals surface area contributed by atoms with Crippen molar-refractivity contribution >= 4 is 29.3 Å². The number of unbranched alkanes of at least 4 members (excludes halogenated alkanes) is 10. The summed E-state index contributed by atoms with van der Waals surface area (Å²) in [5, 5.41) is 5.34. The minimum absolute atomic E-state index is 0.0700. The number of anilines is 1. The third-order valence-electron chi connectivity index (χ3n) is 9.53. The third-order valence-corrected chi connectivity index (χ3v) is 9.53. The average Bonchev–Trinajstić information content (AvgIpc) is 3.46. The van der Waals surface area contributed by atoms with E-state index in [9.17, 15) is 19.2 Å². The van der Waals surface area contributed by atoms with Crippen LogP contribution in [0.2, 0.25) is 0 Å². The van der Waals surface area contributed by atoms with Gasteiger partial charge >= 0.3 is 0 Å². The predicted octanol–water partition coefficient (Wildman–Crippen LogP) is 4.94. The Hall–Kier alpha value is -3.02. The first-order chi connectivity index (χ1) is 28.0. The molecular formula is C42H69N3O12. The van der Waals surface area contributed by atoms with Gasteiger partial charge < -0.3 is 43.2 Å². The lowest BCUT2D eigenvalue weighted by Gasteiger charge is -2.27. The number of benzene rings is 1. The van der Waals surface area contributed by atoms with Crippen LogP contribution in [0.25, 0.3) is 0 Å². The summed E-state index contributed by atoms with van der Waals surface area (Å²) in [5.41, 5.74) is 0.925. The van der Waals surface area contributed by atoms with E-state index in [1.54, 1.807) is 18.2 Å². The maximum atomic E-state index is 13.2. The molecule has 2 aliphatic heterocycles. The van der Waals surface area contributed by atoms with Crippen LogP contribution in [0.3, 0.4) is 0 Å². The summed E-state index contributed by atoms with van der Waals surface area (Å²) >= 11 is 0. The number of amides is 4. The highest BCUT2D eigenvalue weighted by atomic mass is 16.6. The first-order valence-corrected chi connectivity index (χ1v) is 21.2. The van der Waals surface area contributed by atoms with Gasteiger partial charge in [0.25, 0.3) is 11.8 Å². The highest BCUT2D eigenvalue weighted by Gasteiger charge is 2.45. The van der Waals surface area contributed by atoms with E-state index in [4.69, 9.17) is 37.9 Å². The topological polar surface area (TPSA) is 169 Å². The molecule has 0 spiro atoms. The first kappa shape index (κ1) is 48.3. The van der Waals surface area contributed by atoms with Crippen LogP contribution < -0.4 is 10.6 Å². The molecule has 1 atom stereocenters. The van der Waals surface area contributed by atoms with Gasteiger partial charge in [-0.3, -0.25) is 29.4 Å². The van der Waals surface area contributed by atoms with Gasteiger partial charge in [0.1, 0.15) is 6.04 Å². The first-order valence-electron chi connectivity index (χ1n) is 21.2. The highest BCUT2D eigenvalue weighted by Crippen LogP contribution is 2.32. The van der Waals surface area contributed by atoms with Crippen LogP contribution in [0.4, 0.5) is 5.69 Å². The standard InChI is InChI=1S/C42H69N3O12/c1-2-3-4-5-6-7-8-9-10-11-12-19-50-21-23-52-25-27-54-29-31-56-33-34-57-32-30-55-28-26-53-24-22-51-20-18-43-36-15-13-14-35-39(36)42(49)45(41(35)48)37-16-17-38(46)44-40(37)47/h13-15,37,43H,2-12,16-34H2,1H3,(H,44,46,47). The molecule has 1 fully saturated rings. The van der Waals surface area contributed by atoms with Gasteiger partial charge in [-0.05, 0) is 25.0 Å². The Morgan fingerprint density at radius 1 is 0.561 bits per heavy atom. The summed E-state index contributed by atoms with van der Waals surface area (Å²) < 4.78 is 44.4. The number of carbonyl (C=O) groups excluding carboxylic acids is 4. The maximum absolute atomic E-state index is 13.2.